The van der Waals surface area contributed by atoms with Crippen molar-refractivity contribution in [2.45, 2.75) is 6.92 Å². The van der Waals surface area contributed by atoms with Crippen LogP contribution in [-0.4, -0.2) is 15.8 Å². The van der Waals surface area contributed by atoms with Crippen LogP contribution in [0.3, 0.4) is 0 Å². The summed E-state index contributed by atoms with van der Waals surface area (Å²) in [6.07, 6.45) is 3.19. The molecule has 2 rings (SSSR count). The molecule has 1 aromatic carbocycles. The molecule has 1 heterocycles. The number of pyridine rings is 1. The van der Waals surface area contributed by atoms with Gasteiger partial charge in [-0.3, -0.25) is 19.9 Å². The highest BCUT2D eigenvalue weighted by molar-refractivity contribution is 6.05. The highest BCUT2D eigenvalue weighted by Crippen LogP contribution is 2.23. The minimum Gasteiger partial charge on any atom is -0.393 e. The molecule has 0 atom stereocenters. The van der Waals surface area contributed by atoms with Crippen molar-refractivity contribution in [2.75, 3.05) is 11.1 Å². The predicted molar refractivity (Wildman–Crippen MR) is 74.4 cm³/mol. The summed E-state index contributed by atoms with van der Waals surface area (Å²) >= 11 is 0. The topological polar surface area (TPSA) is 111 Å². The fourth-order valence-electron chi connectivity index (χ4n) is 1.67. The molecule has 1 aromatic heterocycles. The maximum absolute atomic E-state index is 12.0. The van der Waals surface area contributed by atoms with Crippen LogP contribution in [0.1, 0.15) is 15.9 Å². The molecule has 3 N–H and O–H groups in total. The highest BCUT2D eigenvalue weighted by Gasteiger charge is 2.15. The minimum atomic E-state index is -0.593. The van der Waals surface area contributed by atoms with E-state index >= 15 is 0 Å². The van der Waals surface area contributed by atoms with Crippen molar-refractivity contribution in [1.29, 1.82) is 0 Å². The molecule has 0 aliphatic rings. The van der Waals surface area contributed by atoms with Gasteiger partial charge in [0.25, 0.3) is 11.6 Å². The molecule has 0 aliphatic carbocycles. The molecule has 1 amide bonds. The number of anilines is 2. The van der Waals surface area contributed by atoms with Gasteiger partial charge in [-0.15, -0.1) is 0 Å². The molecule has 2 aromatic rings. The number of hydrogen-bond donors (Lipinski definition) is 2. The van der Waals surface area contributed by atoms with E-state index in [1.54, 1.807) is 18.5 Å². The largest absolute Gasteiger partial charge is 0.393 e. The van der Waals surface area contributed by atoms with Crippen LogP contribution < -0.4 is 11.1 Å². The van der Waals surface area contributed by atoms with Gasteiger partial charge in [0.1, 0.15) is 5.69 Å². The van der Waals surface area contributed by atoms with E-state index in [1.807, 2.05) is 6.92 Å². The molecule has 0 bridgehead atoms. The summed E-state index contributed by atoms with van der Waals surface area (Å²) < 4.78 is 0. The van der Waals surface area contributed by atoms with Gasteiger partial charge >= 0.3 is 0 Å². The van der Waals surface area contributed by atoms with Crippen molar-refractivity contribution in [2.24, 2.45) is 0 Å². The summed E-state index contributed by atoms with van der Waals surface area (Å²) in [5.74, 6) is -0.388. The zero-order valence-electron chi connectivity index (χ0n) is 10.7. The van der Waals surface area contributed by atoms with E-state index in [0.29, 0.717) is 5.69 Å². The number of benzene rings is 1. The molecule has 0 aliphatic heterocycles. The summed E-state index contributed by atoms with van der Waals surface area (Å²) in [6.45, 7) is 1.81. The average Bonchev–Trinajstić information content (AvgIpc) is 2.40. The fourth-order valence-corrected chi connectivity index (χ4v) is 1.67. The number of rotatable bonds is 3. The van der Waals surface area contributed by atoms with Crippen LogP contribution in [0.4, 0.5) is 17.1 Å². The maximum Gasteiger partial charge on any atom is 0.292 e. The molecule has 7 nitrogen and oxygen atoms in total. The smallest absolute Gasteiger partial charge is 0.292 e. The Bertz CT molecular complexity index is 685. The zero-order chi connectivity index (χ0) is 14.7. The Balaban J connectivity index is 2.24. The summed E-state index contributed by atoms with van der Waals surface area (Å²) in [7, 11) is 0. The van der Waals surface area contributed by atoms with Crippen molar-refractivity contribution >= 4 is 23.0 Å². The van der Waals surface area contributed by atoms with E-state index in [2.05, 4.69) is 10.3 Å². The molecule has 0 saturated carbocycles. The molecule has 0 radical (unpaired) electrons. The van der Waals surface area contributed by atoms with Gasteiger partial charge in [-0.05, 0) is 30.7 Å². The Morgan fingerprint density at radius 1 is 1.40 bits per heavy atom. The van der Waals surface area contributed by atoms with Crippen LogP contribution in [0.2, 0.25) is 0 Å². The van der Waals surface area contributed by atoms with Crippen LogP contribution in [0.5, 0.6) is 0 Å². The van der Waals surface area contributed by atoms with Gasteiger partial charge < -0.3 is 11.1 Å². The third-order valence-corrected chi connectivity index (χ3v) is 2.75. The first kappa shape index (κ1) is 13.5. The number of nitrogens with two attached hydrogens (primary N) is 1. The van der Waals surface area contributed by atoms with Crippen LogP contribution in [0.25, 0.3) is 0 Å². The first-order valence-corrected chi connectivity index (χ1v) is 5.75. The summed E-state index contributed by atoms with van der Waals surface area (Å²) in [5.41, 5.74) is 6.98. The SMILES string of the molecule is Cc1cnccc1NC(=O)c1ccc([N+](=O)[O-])c(N)c1. The van der Waals surface area contributed by atoms with Gasteiger partial charge in [0, 0.05) is 29.7 Å². The standard InChI is InChI=1S/C13H12N4O3/c1-8-7-15-5-4-11(8)16-13(18)9-2-3-12(17(19)20)10(14)6-9/h2-7H,14H2,1H3,(H,15,16,18). The molecular formula is C13H12N4O3. The van der Waals surface area contributed by atoms with Crippen molar-refractivity contribution in [1.82, 2.24) is 4.98 Å². The van der Waals surface area contributed by atoms with Crippen LogP contribution in [0, 0.1) is 17.0 Å². The normalized spacial score (nSPS) is 10.1. The van der Waals surface area contributed by atoms with Crippen molar-refractivity contribution in [3.8, 4) is 0 Å². The maximum atomic E-state index is 12.0. The minimum absolute atomic E-state index is 0.0471. The molecule has 7 heteroatoms. The fraction of sp³-hybridized carbons (Fsp3) is 0.0769. The highest BCUT2D eigenvalue weighted by atomic mass is 16.6. The molecule has 20 heavy (non-hydrogen) atoms. The number of aryl methyl sites for hydroxylation is 1. The number of hydrogen-bond acceptors (Lipinski definition) is 5. The molecule has 0 spiro atoms. The second kappa shape index (κ2) is 5.35. The number of nitrogens with one attached hydrogen (secondary N) is 1. The number of nitrogens with zero attached hydrogens (tertiary/aromatic N) is 2. The number of carbonyl (C=O) groups excluding carboxylic acids is 1. The van der Waals surface area contributed by atoms with Gasteiger partial charge in [0.15, 0.2) is 0 Å². The monoisotopic (exact) mass is 272 g/mol. The lowest BCUT2D eigenvalue weighted by Gasteiger charge is -2.08. The lowest BCUT2D eigenvalue weighted by molar-refractivity contribution is -0.383. The number of nitro groups is 1. The quantitative estimate of drug-likeness (QED) is 0.505. The first-order valence-electron chi connectivity index (χ1n) is 5.75. The van der Waals surface area contributed by atoms with Crippen LogP contribution >= 0.6 is 0 Å². The summed E-state index contributed by atoms with van der Waals surface area (Å²) in [5, 5.41) is 13.4. The first-order chi connectivity index (χ1) is 9.49. The molecule has 0 fully saturated rings. The number of nitro benzene ring substituents is 1. The van der Waals surface area contributed by atoms with Crippen LogP contribution in [-0.2, 0) is 0 Å². The second-order valence-corrected chi connectivity index (χ2v) is 4.18. The Labute approximate surface area is 114 Å². The third kappa shape index (κ3) is 2.72. The van der Waals surface area contributed by atoms with Gasteiger partial charge in [0.05, 0.1) is 4.92 Å². The van der Waals surface area contributed by atoms with Crippen molar-refractivity contribution < 1.29 is 9.72 Å². The number of carbonyl (C=O) groups is 1. The third-order valence-electron chi connectivity index (χ3n) is 2.75. The van der Waals surface area contributed by atoms with Crippen molar-refractivity contribution in [3.63, 3.8) is 0 Å². The van der Waals surface area contributed by atoms with E-state index < -0.39 is 4.92 Å². The number of aromatic nitrogens is 1. The Hall–Kier alpha value is -2.96. The van der Waals surface area contributed by atoms with E-state index in [1.165, 1.54) is 18.2 Å². The van der Waals surface area contributed by atoms with E-state index in [4.69, 9.17) is 5.73 Å². The summed E-state index contributed by atoms with van der Waals surface area (Å²) in [6, 6.07) is 5.52. The van der Waals surface area contributed by atoms with Gasteiger partial charge in [-0.25, -0.2) is 0 Å². The van der Waals surface area contributed by atoms with Gasteiger partial charge in [-0.2, -0.15) is 0 Å². The second-order valence-electron chi connectivity index (χ2n) is 4.18. The van der Waals surface area contributed by atoms with Gasteiger partial charge in [-0.1, -0.05) is 0 Å². The molecule has 102 valence electrons. The van der Waals surface area contributed by atoms with Crippen LogP contribution in [0.15, 0.2) is 36.7 Å². The lowest BCUT2D eigenvalue weighted by Crippen LogP contribution is -2.13. The number of nitrogen functional groups attached to an aromatic ring is 1. The number of amides is 1. The van der Waals surface area contributed by atoms with E-state index in [9.17, 15) is 14.9 Å². The zero-order valence-corrected chi connectivity index (χ0v) is 10.7. The summed E-state index contributed by atoms with van der Waals surface area (Å²) in [4.78, 5) is 26.0. The predicted octanol–water partition coefficient (Wildman–Crippen LogP) is 2.13. The molecular weight excluding hydrogens is 260 g/mol. The Morgan fingerprint density at radius 3 is 2.75 bits per heavy atom. The average molecular weight is 272 g/mol. The Kier molecular flexibility index (Phi) is 3.60. The van der Waals surface area contributed by atoms with E-state index in [0.717, 1.165) is 5.56 Å². The van der Waals surface area contributed by atoms with Crippen molar-refractivity contribution in [3.05, 3.63) is 57.9 Å². The lowest BCUT2D eigenvalue weighted by atomic mass is 10.1. The van der Waals surface area contributed by atoms with Gasteiger partial charge in [0.2, 0.25) is 0 Å². The molecule has 0 unspecified atom stereocenters. The van der Waals surface area contributed by atoms with E-state index in [-0.39, 0.29) is 22.8 Å². The Morgan fingerprint density at radius 2 is 2.15 bits per heavy atom. The molecule has 0 saturated heterocycles.